The van der Waals surface area contributed by atoms with Crippen molar-refractivity contribution in [3.63, 3.8) is 0 Å². The molecule has 1 saturated heterocycles. The number of nitrogens with zero attached hydrogens (tertiary/aromatic N) is 1. The Kier molecular flexibility index (Phi) is 2.97. The van der Waals surface area contributed by atoms with Crippen molar-refractivity contribution in [3.05, 3.63) is 0 Å². The number of carbonyl (C=O) groups is 1. The van der Waals surface area contributed by atoms with E-state index in [0.717, 1.165) is 0 Å². The second-order valence-corrected chi connectivity index (χ2v) is 6.49. The highest BCUT2D eigenvalue weighted by Gasteiger charge is 2.39. The maximum atomic E-state index is 11.5. The minimum absolute atomic E-state index is 0.00273. The molecule has 0 spiro atoms. The number of amides is 1. The number of rotatable bonds is 0. The molecule has 1 heterocycles. The molecule has 1 atom stereocenters. The summed E-state index contributed by atoms with van der Waals surface area (Å²) in [5.41, 5.74) is 4.76. The second-order valence-electron chi connectivity index (χ2n) is 4.55. The van der Waals surface area contributed by atoms with Crippen molar-refractivity contribution < 1.29 is 17.9 Å². The molecular weight excluding hydrogens is 220 g/mol. The molecule has 88 valence electrons. The van der Waals surface area contributed by atoms with Crippen molar-refractivity contribution in [2.45, 2.75) is 32.4 Å². The summed E-state index contributed by atoms with van der Waals surface area (Å²) in [5, 5.41) is 0. The van der Waals surface area contributed by atoms with Gasteiger partial charge in [0, 0.05) is 6.04 Å². The van der Waals surface area contributed by atoms with Crippen LogP contribution in [-0.4, -0.2) is 42.8 Å². The highest BCUT2D eigenvalue weighted by atomic mass is 32.2. The van der Waals surface area contributed by atoms with Gasteiger partial charge in [0.15, 0.2) is 0 Å². The summed E-state index contributed by atoms with van der Waals surface area (Å²) in [6.45, 7) is 5.02. The lowest BCUT2D eigenvalue weighted by Crippen LogP contribution is -2.38. The highest BCUT2D eigenvalue weighted by molar-refractivity contribution is 7.89. The summed E-state index contributed by atoms with van der Waals surface area (Å²) in [7, 11) is -3.57. The van der Waals surface area contributed by atoms with E-state index in [4.69, 9.17) is 10.5 Å². The monoisotopic (exact) mass is 236 g/mol. The van der Waals surface area contributed by atoms with E-state index in [9.17, 15) is 13.2 Å². The van der Waals surface area contributed by atoms with Crippen LogP contribution in [-0.2, 0) is 14.8 Å². The first-order chi connectivity index (χ1) is 6.62. The van der Waals surface area contributed by atoms with Crippen LogP contribution in [0, 0.1) is 0 Å². The van der Waals surface area contributed by atoms with Crippen LogP contribution in [0.3, 0.4) is 0 Å². The van der Waals surface area contributed by atoms with E-state index in [1.807, 2.05) is 0 Å². The zero-order chi connectivity index (χ0) is 11.9. The molecule has 1 aliphatic rings. The molecule has 0 aromatic heterocycles. The topological polar surface area (TPSA) is 89.7 Å². The van der Waals surface area contributed by atoms with Crippen molar-refractivity contribution in [3.8, 4) is 0 Å². The zero-order valence-corrected chi connectivity index (χ0v) is 9.87. The Morgan fingerprint density at radius 2 is 2.00 bits per heavy atom. The molecule has 1 rings (SSSR count). The van der Waals surface area contributed by atoms with Gasteiger partial charge in [-0.2, -0.15) is 0 Å². The lowest BCUT2D eigenvalue weighted by Gasteiger charge is -2.23. The van der Waals surface area contributed by atoms with Crippen LogP contribution in [0.4, 0.5) is 4.79 Å². The van der Waals surface area contributed by atoms with Gasteiger partial charge in [0.05, 0.1) is 12.3 Å². The average Bonchev–Trinajstić information content (AvgIpc) is 2.20. The molecule has 1 amide bonds. The SMILES string of the molecule is CC(C)(C)OC(=O)N1CC(N)CS1(=O)=O. The van der Waals surface area contributed by atoms with Gasteiger partial charge in [-0.15, -0.1) is 0 Å². The molecule has 15 heavy (non-hydrogen) atoms. The normalized spacial score (nSPS) is 25.3. The lowest BCUT2D eigenvalue weighted by molar-refractivity contribution is 0.0399. The predicted octanol–water partition coefficient (Wildman–Crippen LogP) is -0.106. The van der Waals surface area contributed by atoms with Crippen LogP contribution in [0.5, 0.6) is 0 Å². The van der Waals surface area contributed by atoms with Crippen LogP contribution in [0.15, 0.2) is 0 Å². The van der Waals surface area contributed by atoms with Gasteiger partial charge >= 0.3 is 6.09 Å². The highest BCUT2D eigenvalue weighted by Crippen LogP contribution is 2.17. The van der Waals surface area contributed by atoms with E-state index >= 15 is 0 Å². The number of sulfonamides is 1. The fraction of sp³-hybridized carbons (Fsp3) is 0.875. The smallest absolute Gasteiger partial charge is 0.424 e. The van der Waals surface area contributed by atoms with Gasteiger partial charge in [-0.25, -0.2) is 17.5 Å². The third kappa shape index (κ3) is 3.07. The maximum absolute atomic E-state index is 11.5. The number of nitrogens with two attached hydrogens (primary N) is 1. The average molecular weight is 236 g/mol. The summed E-state index contributed by atoms with van der Waals surface area (Å²) < 4.78 is 28.5. The van der Waals surface area contributed by atoms with Gasteiger partial charge in [-0.1, -0.05) is 0 Å². The fourth-order valence-electron chi connectivity index (χ4n) is 1.24. The molecule has 2 N–H and O–H groups in total. The van der Waals surface area contributed by atoms with E-state index in [-0.39, 0.29) is 12.3 Å². The lowest BCUT2D eigenvalue weighted by atomic mass is 10.2. The molecule has 0 radical (unpaired) electrons. The van der Waals surface area contributed by atoms with E-state index in [2.05, 4.69) is 0 Å². The first-order valence-electron chi connectivity index (χ1n) is 4.61. The van der Waals surface area contributed by atoms with Crippen LogP contribution < -0.4 is 5.73 Å². The molecule has 7 heteroatoms. The van der Waals surface area contributed by atoms with E-state index in [1.54, 1.807) is 20.8 Å². The van der Waals surface area contributed by atoms with E-state index in [0.29, 0.717) is 4.31 Å². The minimum atomic E-state index is -3.57. The van der Waals surface area contributed by atoms with Gasteiger partial charge in [0.25, 0.3) is 0 Å². The summed E-state index contributed by atoms with van der Waals surface area (Å²) in [5.74, 6) is -0.202. The summed E-state index contributed by atoms with van der Waals surface area (Å²) in [6, 6.07) is -0.525. The molecule has 1 unspecified atom stereocenters. The van der Waals surface area contributed by atoms with Gasteiger partial charge < -0.3 is 10.5 Å². The molecule has 0 bridgehead atoms. The number of carbonyl (C=O) groups excluding carboxylic acids is 1. The van der Waals surface area contributed by atoms with Crippen molar-refractivity contribution in [2.75, 3.05) is 12.3 Å². The number of ether oxygens (including phenoxy) is 1. The molecule has 1 aliphatic heterocycles. The third-order valence-corrected chi connectivity index (χ3v) is 3.58. The summed E-state index contributed by atoms with van der Waals surface area (Å²) in [6.07, 6.45) is -0.851. The van der Waals surface area contributed by atoms with Gasteiger partial charge in [-0.3, -0.25) is 0 Å². The molecular formula is C8H16N2O4S. The quantitative estimate of drug-likeness (QED) is 0.634. The Balaban J connectivity index is 2.78. The Morgan fingerprint density at radius 1 is 1.47 bits per heavy atom. The van der Waals surface area contributed by atoms with Crippen molar-refractivity contribution in [1.29, 1.82) is 0 Å². The standard InChI is InChI=1S/C8H16N2O4S/c1-8(2,3)14-7(11)10-4-6(9)5-15(10,12)13/h6H,4-5,9H2,1-3H3. The maximum Gasteiger partial charge on any atom is 0.424 e. The largest absolute Gasteiger partial charge is 0.443 e. The van der Waals surface area contributed by atoms with Gasteiger partial charge in [0.1, 0.15) is 5.60 Å². The zero-order valence-electron chi connectivity index (χ0n) is 9.06. The number of hydrogen-bond acceptors (Lipinski definition) is 5. The second kappa shape index (κ2) is 3.64. The Bertz CT molecular complexity index is 357. The van der Waals surface area contributed by atoms with Gasteiger partial charge in [-0.05, 0) is 20.8 Å². The van der Waals surface area contributed by atoms with Crippen molar-refractivity contribution >= 4 is 16.1 Å². The minimum Gasteiger partial charge on any atom is -0.443 e. The Labute approximate surface area is 89.4 Å². The summed E-state index contributed by atoms with van der Waals surface area (Å²) in [4.78, 5) is 11.5. The Hall–Kier alpha value is -0.820. The van der Waals surface area contributed by atoms with E-state index in [1.165, 1.54) is 0 Å². The molecule has 0 aromatic carbocycles. The first-order valence-corrected chi connectivity index (χ1v) is 6.22. The molecule has 0 aromatic rings. The van der Waals surface area contributed by atoms with Crippen molar-refractivity contribution in [1.82, 2.24) is 4.31 Å². The molecule has 1 fully saturated rings. The molecule has 0 aliphatic carbocycles. The predicted molar refractivity (Wildman–Crippen MR) is 54.7 cm³/mol. The Morgan fingerprint density at radius 3 is 2.33 bits per heavy atom. The van der Waals surface area contributed by atoms with Crippen molar-refractivity contribution in [2.24, 2.45) is 5.73 Å². The third-order valence-electron chi connectivity index (χ3n) is 1.76. The van der Waals surface area contributed by atoms with Crippen LogP contribution in [0.25, 0.3) is 0 Å². The molecule has 6 nitrogen and oxygen atoms in total. The van der Waals surface area contributed by atoms with Gasteiger partial charge in [0.2, 0.25) is 10.0 Å². The van der Waals surface area contributed by atoms with E-state index < -0.39 is 27.8 Å². The number of hydrogen-bond donors (Lipinski definition) is 1. The van der Waals surface area contributed by atoms with Crippen LogP contribution in [0.1, 0.15) is 20.8 Å². The molecule has 0 saturated carbocycles. The van der Waals surface area contributed by atoms with Crippen LogP contribution >= 0.6 is 0 Å². The summed E-state index contributed by atoms with van der Waals surface area (Å²) >= 11 is 0. The van der Waals surface area contributed by atoms with Crippen LogP contribution in [0.2, 0.25) is 0 Å². The fourth-order valence-corrected chi connectivity index (χ4v) is 2.75. The first kappa shape index (κ1) is 12.3.